The maximum Gasteiger partial charge on any atom is 0.392 e. The lowest BCUT2D eigenvalue weighted by Gasteiger charge is -2.10. The van der Waals surface area contributed by atoms with Gasteiger partial charge in [0.25, 0.3) is 0 Å². The van der Waals surface area contributed by atoms with Crippen molar-refractivity contribution in [1.29, 1.82) is 0 Å². The van der Waals surface area contributed by atoms with E-state index < -0.39 is 19.2 Å². The quantitative estimate of drug-likeness (QED) is 0.917. The van der Waals surface area contributed by atoms with Crippen molar-refractivity contribution in [3.05, 3.63) is 36.4 Å². The van der Waals surface area contributed by atoms with Gasteiger partial charge in [0.2, 0.25) is 5.88 Å². The molecule has 2 rings (SSSR count). The van der Waals surface area contributed by atoms with Crippen LogP contribution in [0, 0.1) is 0 Å². The highest BCUT2D eigenvalue weighted by atomic mass is 19.4. The van der Waals surface area contributed by atoms with Crippen molar-refractivity contribution in [2.75, 3.05) is 19.0 Å². The van der Waals surface area contributed by atoms with E-state index in [9.17, 15) is 13.2 Å². The van der Waals surface area contributed by atoms with Crippen LogP contribution >= 0.6 is 0 Å². The summed E-state index contributed by atoms with van der Waals surface area (Å²) in [5.74, 6) is 0.979. The molecule has 0 bridgehead atoms. The van der Waals surface area contributed by atoms with Crippen LogP contribution in [-0.2, 0) is 0 Å². The zero-order valence-corrected chi connectivity index (χ0v) is 11.3. The van der Waals surface area contributed by atoms with Gasteiger partial charge in [-0.05, 0) is 0 Å². The molecule has 0 radical (unpaired) electrons. The molecule has 1 heterocycles. The SMILES string of the molecule is CNc1cc(OCCC(F)(F)F)nc(-c2ccccc2)n1. The monoisotopic (exact) mass is 297 g/mol. The number of alkyl halides is 3. The topological polar surface area (TPSA) is 47.0 Å². The lowest BCUT2D eigenvalue weighted by molar-refractivity contribution is -0.139. The minimum Gasteiger partial charge on any atom is -0.477 e. The van der Waals surface area contributed by atoms with E-state index in [4.69, 9.17) is 4.74 Å². The summed E-state index contributed by atoms with van der Waals surface area (Å²) in [6.07, 6.45) is -5.27. The van der Waals surface area contributed by atoms with E-state index >= 15 is 0 Å². The fourth-order valence-corrected chi connectivity index (χ4v) is 1.61. The van der Waals surface area contributed by atoms with Crippen molar-refractivity contribution < 1.29 is 17.9 Å². The lowest BCUT2D eigenvalue weighted by Crippen LogP contribution is -2.13. The first-order valence-corrected chi connectivity index (χ1v) is 6.30. The minimum absolute atomic E-state index is 0.109. The Morgan fingerprint density at radius 1 is 1.14 bits per heavy atom. The van der Waals surface area contributed by atoms with Crippen LogP contribution in [0.4, 0.5) is 19.0 Å². The molecule has 0 saturated carbocycles. The van der Waals surface area contributed by atoms with Gasteiger partial charge in [-0.3, -0.25) is 0 Å². The third-order valence-corrected chi connectivity index (χ3v) is 2.63. The van der Waals surface area contributed by atoms with Gasteiger partial charge in [0.1, 0.15) is 5.82 Å². The number of hydrogen-bond acceptors (Lipinski definition) is 4. The molecule has 1 aromatic heterocycles. The van der Waals surface area contributed by atoms with Gasteiger partial charge >= 0.3 is 6.18 Å². The van der Waals surface area contributed by atoms with Gasteiger partial charge in [-0.2, -0.15) is 18.2 Å². The number of anilines is 1. The molecule has 1 aromatic carbocycles. The van der Waals surface area contributed by atoms with E-state index in [1.54, 1.807) is 7.05 Å². The number of halogens is 3. The van der Waals surface area contributed by atoms with Crippen molar-refractivity contribution in [3.8, 4) is 17.3 Å². The van der Waals surface area contributed by atoms with Crippen LogP contribution in [-0.4, -0.2) is 29.8 Å². The first-order chi connectivity index (χ1) is 9.98. The van der Waals surface area contributed by atoms with Crippen LogP contribution in [0.1, 0.15) is 6.42 Å². The molecule has 0 saturated heterocycles. The largest absolute Gasteiger partial charge is 0.477 e. The fraction of sp³-hybridized carbons (Fsp3) is 0.286. The normalized spacial score (nSPS) is 11.2. The van der Waals surface area contributed by atoms with Crippen molar-refractivity contribution in [1.82, 2.24) is 9.97 Å². The summed E-state index contributed by atoms with van der Waals surface area (Å²) in [4.78, 5) is 8.39. The Labute approximate surface area is 120 Å². The summed E-state index contributed by atoms with van der Waals surface area (Å²) in [5, 5.41) is 2.83. The van der Waals surface area contributed by atoms with Crippen LogP contribution in [0.3, 0.4) is 0 Å². The van der Waals surface area contributed by atoms with Crippen LogP contribution < -0.4 is 10.1 Å². The Bertz CT molecular complexity index is 588. The molecule has 0 spiro atoms. The van der Waals surface area contributed by atoms with Crippen LogP contribution in [0.2, 0.25) is 0 Å². The Morgan fingerprint density at radius 2 is 1.86 bits per heavy atom. The average molecular weight is 297 g/mol. The molecular weight excluding hydrogens is 283 g/mol. The third kappa shape index (κ3) is 4.62. The van der Waals surface area contributed by atoms with Crippen LogP contribution in [0.15, 0.2) is 36.4 Å². The van der Waals surface area contributed by atoms with Crippen molar-refractivity contribution in [2.24, 2.45) is 0 Å². The number of rotatable bonds is 5. The van der Waals surface area contributed by atoms with Crippen molar-refractivity contribution in [3.63, 3.8) is 0 Å². The predicted molar refractivity (Wildman–Crippen MR) is 73.2 cm³/mol. The van der Waals surface area contributed by atoms with Gasteiger partial charge in [-0.15, -0.1) is 0 Å². The van der Waals surface area contributed by atoms with Crippen molar-refractivity contribution >= 4 is 5.82 Å². The molecule has 4 nitrogen and oxygen atoms in total. The fourth-order valence-electron chi connectivity index (χ4n) is 1.61. The highest BCUT2D eigenvalue weighted by molar-refractivity contribution is 5.58. The second-order valence-corrected chi connectivity index (χ2v) is 4.24. The average Bonchev–Trinajstić information content (AvgIpc) is 2.46. The molecule has 1 N–H and O–H groups in total. The van der Waals surface area contributed by atoms with E-state index in [1.807, 2.05) is 30.3 Å². The number of nitrogens with one attached hydrogen (secondary N) is 1. The number of nitrogens with zero attached hydrogens (tertiary/aromatic N) is 2. The summed E-state index contributed by atoms with van der Waals surface area (Å²) in [5.41, 5.74) is 0.760. The number of benzene rings is 1. The highest BCUT2D eigenvalue weighted by Crippen LogP contribution is 2.23. The standard InChI is InChI=1S/C14H14F3N3O/c1-18-11-9-12(21-8-7-14(15,16)17)20-13(19-11)10-5-3-2-4-6-10/h2-6,9H,7-8H2,1H3,(H,18,19,20). The third-order valence-electron chi connectivity index (χ3n) is 2.63. The number of ether oxygens (including phenoxy) is 1. The van der Waals surface area contributed by atoms with E-state index in [2.05, 4.69) is 15.3 Å². The van der Waals surface area contributed by atoms with Crippen molar-refractivity contribution in [2.45, 2.75) is 12.6 Å². The molecule has 0 atom stereocenters. The Balaban J connectivity index is 2.18. The second-order valence-electron chi connectivity index (χ2n) is 4.24. The predicted octanol–water partition coefficient (Wildman–Crippen LogP) is 3.52. The number of aromatic nitrogens is 2. The van der Waals surface area contributed by atoms with Crippen LogP contribution in [0.25, 0.3) is 11.4 Å². The summed E-state index contributed by atoms with van der Waals surface area (Å²) < 4.78 is 41.4. The summed E-state index contributed by atoms with van der Waals surface area (Å²) in [7, 11) is 1.66. The summed E-state index contributed by atoms with van der Waals surface area (Å²) in [6.45, 7) is -0.474. The summed E-state index contributed by atoms with van der Waals surface area (Å²) >= 11 is 0. The van der Waals surface area contributed by atoms with Gasteiger partial charge < -0.3 is 10.1 Å². The maximum atomic E-state index is 12.1. The number of hydrogen-bond donors (Lipinski definition) is 1. The summed E-state index contributed by atoms with van der Waals surface area (Å²) in [6, 6.07) is 10.6. The Morgan fingerprint density at radius 3 is 2.48 bits per heavy atom. The van der Waals surface area contributed by atoms with Crippen LogP contribution in [0.5, 0.6) is 5.88 Å². The van der Waals surface area contributed by atoms with E-state index in [0.717, 1.165) is 5.56 Å². The molecule has 7 heteroatoms. The molecule has 2 aromatic rings. The van der Waals surface area contributed by atoms with E-state index in [-0.39, 0.29) is 5.88 Å². The molecule has 0 unspecified atom stereocenters. The Kier molecular flexibility index (Phi) is 4.62. The molecule has 21 heavy (non-hydrogen) atoms. The first kappa shape index (κ1) is 15.1. The Hall–Kier alpha value is -2.31. The molecule has 0 aliphatic heterocycles. The first-order valence-electron chi connectivity index (χ1n) is 6.30. The molecule has 0 aliphatic carbocycles. The van der Waals surface area contributed by atoms with Gasteiger partial charge in [0.15, 0.2) is 5.82 Å². The molecule has 0 fully saturated rings. The zero-order chi connectivity index (χ0) is 15.3. The molecule has 112 valence electrons. The van der Waals surface area contributed by atoms with Gasteiger partial charge in [0, 0.05) is 18.7 Å². The maximum absolute atomic E-state index is 12.1. The molecular formula is C14H14F3N3O. The highest BCUT2D eigenvalue weighted by Gasteiger charge is 2.27. The smallest absolute Gasteiger partial charge is 0.392 e. The van der Waals surface area contributed by atoms with Gasteiger partial charge in [-0.25, -0.2) is 4.98 Å². The van der Waals surface area contributed by atoms with Gasteiger partial charge in [-0.1, -0.05) is 30.3 Å². The van der Waals surface area contributed by atoms with E-state index in [1.165, 1.54) is 6.07 Å². The molecule has 0 aliphatic rings. The van der Waals surface area contributed by atoms with E-state index in [0.29, 0.717) is 11.6 Å². The zero-order valence-electron chi connectivity index (χ0n) is 11.3. The van der Waals surface area contributed by atoms with Gasteiger partial charge in [0.05, 0.1) is 13.0 Å². The minimum atomic E-state index is -4.25. The lowest BCUT2D eigenvalue weighted by atomic mass is 10.2. The second kappa shape index (κ2) is 6.43. The molecule has 0 amide bonds.